The van der Waals surface area contributed by atoms with Crippen LogP contribution in [-0.2, 0) is 17.8 Å². The number of carbonyl (C=O) groups excluding carboxylic acids is 1. The van der Waals surface area contributed by atoms with E-state index >= 15 is 0 Å². The molecule has 3 aromatic carbocycles. The molecule has 0 spiro atoms. The molecule has 0 aliphatic rings. The Morgan fingerprint density at radius 3 is 2.60 bits per heavy atom. The number of thioether (sulfide) groups is 1. The number of benzene rings is 3. The van der Waals surface area contributed by atoms with Crippen molar-refractivity contribution >= 4 is 28.4 Å². The third kappa shape index (κ3) is 4.46. The Balaban J connectivity index is 1.37. The topological polar surface area (TPSA) is 85.8 Å². The summed E-state index contributed by atoms with van der Waals surface area (Å²) < 4.78 is 1.47. The summed E-state index contributed by atoms with van der Waals surface area (Å²) in [4.78, 5) is 12.2. The van der Waals surface area contributed by atoms with Gasteiger partial charge in [0.2, 0.25) is 11.1 Å². The van der Waals surface area contributed by atoms with Crippen molar-refractivity contribution in [2.75, 3.05) is 11.6 Å². The lowest BCUT2D eigenvalue weighted by Crippen LogP contribution is -2.25. The normalized spacial score (nSPS) is 11.0. The van der Waals surface area contributed by atoms with Gasteiger partial charge >= 0.3 is 0 Å². The van der Waals surface area contributed by atoms with Gasteiger partial charge in [0.1, 0.15) is 0 Å². The lowest BCUT2D eigenvalue weighted by Gasteiger charge is -2.08. The minimum atomic E-state index is -0.0677. The lowest BCUT2D eigenvalue weighted by atomic mass is 10.0. The number of nitrogens with zero attached hydrogens (tertiary/aromatic N) is 3. The van der Waals surface area contributed by atoms with E-state index in [1.165, 1.54) is 27.2 Å². The van der Waals surface area contributed by atoms with Gasteiger partial charge < -0.3 is 11.2 Å². The van der Waals surface area contributed by atoms with Crippen molar-refractivity contribution in [2.45, 2.75) is 25.0 Å². The molecule has 0 saturated heterocycles. The van der Waals surface area contributed by atoms with Crippen LogP contribution in [0.1, 0.15) is 22.5 Å². The molecule has 4 aromatic rings. The van der Waals surface area contributed by atoms with Gasteiger partial charge in [0.25, 0.3) is 0 Å². The SMILES string of the molecule is Cc1ccccc1CNC(=O)CSc1nnc(Cc2cccc3ccccc23)n1N. The van der Waals surface area contributed by atoms with Crippen molar-refractivity contribution in [1.29, 1.82) is 0 Å². The van der Waals surface area contributed by atoms with Crippen LogP contribution in [0.2, 0.25) is 0 Å². The fourth-order valence-corrected chi connectivity index (χ4v) is 4.03. The number of nitrogens with two attached hydrogens (primary N) is 1. The van der Waals surface area contributed by atoms with Gasteiger partial charge in [-0.25, -0.2) is 4.68 Å². The lowest BCUT2D eigenvalue weighted by molar-refractivity contribution is -0.118. The Bertz CT molecular complexity index is 1180. The Kier molecular flexibility index (Phi) is 5.99. The van der Waals surface area contributed by atoms with E-state index in [-0.39, 0.29) is 11.7 Å². The molecule has 0 radical (unpaired) electrons. The number of hydrogen-bond acceptors (Lipinski definition) is 5. The van der Waals surface area contributed by atoms with Crippen molar-refractivity contribution in [3.05, 3.63) is 89.2 Å². The van der Waals surface area contributed by atoms with Crippen molar-refractivity contribution in [3.63, 3.8) is 0 Å². The average Bonchev–Trinajstić information content (AvgIpc) is 3.11. The van der Waals surface area contributed by atoms with E-state index in [2.05, 4.69) is 39.8 Å². The van der Waals surface area contributed by atoms with Gasteiger partial charge in [0.15, 0.2) is 5.82 Å². The number of carbonyl (C=O) groups is 1. The summed E-state index contributed by atoms with van der Waals surface area (Å²) in [5, 5.41) is 14.2. The number of nitrogens with one attached hydrogen (secondary N) is 1. The molecule has 1 aromatic heterocycles. The van der Waals surface area contributed by atoms with Gasteiger partial charge in [-0.2, -0.15) is 0 Å². The van der Waals surface area contributed by atoms with Gasteiger partial charge in [-0.15, -0.1) is 10.2 Å². The second-order valence-corrected chi connectivity index (χ2v) is 8.02. The predicted molar refractivity (Wildman–Crippen MR) is 121 cm³/mol. The second-order valence-electron chi connectivity index (χ2n) is 7.08. The first-order valence-electron chi connectivity index (χ1n) is 9.72. The Hall–Kier alpha value is -3.32. The maximum Gasteiger partial charge on any atom is 0.230 e. The standard InChI is InChI=1S/C23H23N5OS/c1-16-7-2-3-9-19(16)14-25-22(29)15-30-23-27-26-21(28(23)24)13-18-11-6-10-17-8-4-5-12-20(17)18/h2-12H,13-15,24H2,1H3,(H,25,29). The largest absolute Gasteiger partial charge is 0.351 e. The molecule has 7 heteroatoms. The zero-order valence-electron chi connectivity index (χ0n) is 16.7. The maximum absolute atomic E-state index is 12.2. The van der Waals surface area contributed by atoms with E-state index < -0.39 is 0 Å². The molecular weight excluding hydrogens is 394 g/mol. The molecule has 0 atom stereocenters. The minimum Gasteiger partial charge on any atom is -0.351 e. The molecule has 0 bridgehead atoms. The summed E-state index contributed by atoms with van der Waals surface area (Å²) in [5.41, 5.74) is 3.40. The van der Waals surface area contributed by atoms with E-state index in [9.17, 15) is 4.79 Å². The molecule has 0 fully saturated rings. The molecule has 3 N–H and O–H groups in total. The molecule has 1 amide bonds. The highest BCUT2D eigenvalue weighted by atomic mass is 32.2. The monoisotopic (exact) mass is 417 g/mol. The number of nitrogen functional groups attached to an aromatic ring is 1. The highest BCUT2D eigenvalue weighted by molar-refractivity contribution is 7.99. The summed E-state index contributed by atoms with van der Waals surface area (Å²) in [6, 6.07) is 22.4. The Morgan fingerprint density at radius 2 is 1.73 bits per heavy atom. The zero-order chi connectivity index (χ0) is 20.9. The maximum atomic E-state index is 12.2. The van der Waals surface area contributed by atoms with Crippen LogP contribution >= 0.6 is 11.8 Å². The Labute approximate surface area is 179 Å². The molecule has 0 aliphatic carbocycles. The Morgan fingerprint density at radius 1 is 1.00 bits per heavy atom. The van der Waals surface area contributed by atoms with Crippen LogP contribution in [0, 0.1) is 6.92 Å². The number of amides is 1. The minimum absolute atomic E-state index is 0.0677. The summed E-state index contributed by atoms with van der Waals surface area (Å²) >= 11 is 1.28. The quantitative estimate of drug-likeness (QED) is 0.355. The highest BCUT2D eigenvalue weighted by Crippen LogP contribution is 2.22. The average molecular weight is 418 g/mol. The third-order valence-electron chi connectivity index (χ3n) is 5.03. The van der Waals surface area contributed by atoms with Crippen LogP contribution < -0.4 is 11.2 Å². The van der Waals surface area contributed by atoms with Crippen molar-refractivity contribution in [1.82, 2.24) is 20.2 Å². The van der Waals surface area contributed by atoms with Crippen molar-refractivity contribution in [2.24, 2.45) is 0 Å². The highest BCUT2D eigenvalue weighted by Gasteiger charge is 2.14. The molecule has 0 aliphatic heterocycles. The van der Waals surface area contributed by atoms with Gasteiger partial charge in [-0.05, 0) is 34.4 Å². The number of fused-ring (bicyclic) bond motifs is 1. The summed E-state index contributed by atoms with van der Waals surface area (Å²) in [6.45, 7) is 2.54. The van der Waals surface area contributed by atoms with Crippen LogP contribution in [0.15, 0.2) is 71.9 Å². The fraction of sp³-hybridized carbons (Fsp3) is 0.174. The van der Waals surface area contributed by atoms with Crippen LogP contribution in [0.4, 0.5) is 0 Å². The first kappa shape index (κ1) is 20.0. The van der Waals surface area contributed by atoms with Gasteiger partial charge in [-0.3, -0.25) is 4.79 Å². The van der Waals surface area contributed by atoms with E-state index in [1.54, 1.807) is 0 Å². The van der Waals surface area contributed by atoms with Crippen molar-refractivity contribution < 1.29 is 4.79 Å². The second kappa shape index (κ2) is 9.00. The smallest absolute Gasteiger partial charge is 0.230 e. The zero-order valence-corrected chi connectivity index (χ0v) is 17.5. The number of aromatic nitrogens is 3. The fourth-order valence-electron chi connectivity index (χ4n) is 3.33. The van der Waals surface area contributed by atoms with Crippen molar-refractivity contribution in [3.8, 4) is 0 Å². The number of aryl methyl sites for hydroxylation is 1. The first-order chi connectivity index (χ1) is 14.6. The van der Waals surface area contributed by atoms with Gasteiger partial charge in [0, 0.05) is 13.0 Å². The molecule has 6 nitrogen and oxygen atoms in total. The number of hydrogen-bond donors (Lipinski definition) is 2. The van der Waals surface area contributed by atoms with E-state index in [0.29, 0.717) is 23.9 Å². The molecular formula is C23H23N5OS. The first-order valence-corrected chi connectivity index (χ1v) is 10.7. The van der Waals surface area contributed by atoms with Gasteiger partial charge in [0.05, 0.1) is 5.75 Å². The predicted octanol–water partition coefficient (Wildman–Crippen LogP) is 3.45. The van der Waals surface area contributed by atoms with E-state index in [1.807, 2.05) is 49.4 Å². The molecule has 1 heterocycles. The molecule has 0 unspecified atom stereocenters. The molecule has 30 heavy (non-hydrogen) atoms. The molecule has 4 rings (SSSR count). The van der Waals surface area contributed by atoms with Crippen LogP contribution in [0.5, 0.6) is 0 Å². The van der Waals surface area contributed by atoms with E-state index in [0.717, 1.165) is 16.7 Å². The van der Waals surface area contributed by atoms with Crippen LogP contribution in [0.3, 0.4) is 0 Å². The van der Waals surface area contributed by atoms with Gasteiger partial charge in [-0.1, -0.05) is 78.5 Å². The van der Waals surface area contributed by atoms with E-state index in [4.69, 9.17) is 5.84 Å². The summed E-state index contributed by atoms with van der Waals surface area (Å²) in [6.07, 6.45) is 0.574. The third-order valence-corrected chi connectivity index (χ3v) is 5.98. The summed E-state index contributed by atoms with van der Waals surface area (Å²) in [7, 11) is 0. The molecule has 0 saturated carbocycles. The van der Waals surface area contributed by atoms with Crippen LogP contribution in [-0.4, -0.2) is 26.5 Å². The summed E-state index contributed by atoms with van der Waals surface area (Å²) in [5.74, 6) is 7.03. The number of rotatable bonds is 7. The van der Waals surface area contributed by atoms with Crippen LogP contribution in [0.25, 0.3) is 10.8 Å². The molecule has 152 valence electrons.